The Morgan fingerprint density at radius 3 is 2.50 bits per heavy atom. The van der Waals surface area contributed by atoms with E-state index in [9.17, 15) is 14.3 Å². The number of aliphatic hydroxyl groups is 1. The SMILES string of the molecule is CC(C)(C)OC(=O)C[C@]1(O)C[C@H]2CC[C@@H]1C=C2c1ccc(F)cc1. The van der Waals surface area contributed by atoms with E-state index in [4.69, 9.17) is 4.74 Å². The van der Waals surface area contributed by atoms with Gasteiger partial charge < -0.3 is 9.84 Å². The van der Waals surface area contributed by atoms with E-state index in [0.29, 0.717) is 6.42 Å². The molecule has 1 saturated carbocycles. The Bertz CT molecular complexity index is 656. The molecule has 0 aromatic heterocycles. The fourth-order valence-corrected chi connectivity index (χ4v) is 3.99. The minimum absolute atomic E-state index is 0.0264. The van der Waals surface area contributed by atoms with Gasteiger partial charge in [-0.2, -0.15) is 0 Å². The Hall–Kier alpha value is -1.68. The smallest absolute Gasteiger partial charge is 0.309 e. The third-order valence-electron chi connectivity index (χ3n) is 4.98. The van der Waals surface area contributed by atoms with Crippen LogP contribution in [0.1, 0.15) is 52.0 Å². The van der Waals surface area contributed by atoms with Gasteiger partial charge >= 0.3 is 5.97 Å². The second-order valence-corrected chi connectivity index (χ2v) is 8.08. The van der Waals surface area contributed by atoms with Gasteiger partial charge in [0.05, 0.1) is 12.0 Å². The average Bonchev–Trinajstić information content (AvgIpc) is 2.46. The predicted octanol–water partition coefficient (Wildman–Crippen LogP) is 4.10. The molecule has 0 amide bonds. The van der Waals surface area contributed by atoms with Crippen LogP contribution in [0.4, 0.5) is 4.39 Å². The number of hydrogen-bond donors (Lipinski definition) is 1. The molecule has 24 heavy (non-hydrogen) atoms. The molecule has 4 heteroatoms. The van der Waals surface area contributed by atoms with E-state index >= 15 is 0 Å². The van der Waals surface area contributed by atoms with E-state index in [2.05, 4.69) is 6.08 Å². The van der Waals surface area contributed by atoms with Crippen molar-refractivity contribution in [3.05, 3.63) is 41.7 Å². The van der Waals surface area contributed by atoms with Crippen molar-refractivity contribution < 1.29 is 19.0 Å². The molecular formula is C20H25FO3. The molecule has 130 valence electrons. The molecule has 2 bridgehead atoms. The van der Waals surface area contributed by atoms with Gasteiger partial charge in [0, 0.05) is 5.92 Å². The third-order valence-corrected chi connectivity index (χ3v) is 4.98. The molecule has 1 aromatic carbocycles. The van der Waals surface area contributed by atoms with E-state index < -0.39 is 11.2 Å². The van der Waals surface area contributed by atoms with Crippen LogP contribution >= 0.6 is 0 Å². The third kappa shape index (κ3) is 3.54. The van der Waals surface area contributed by atoms with Gasteiger partial charge in [0.15, 0.2) is 0 Å². The molecule has 1 fully saturated rings. The largest absolute Gasteiger partial charge is 0.460 e. The standard InChI is InChI=1S/C20H25FO3/c1-19(2,3)24-18(22)12-20(23)11-14-4-7-15(20)10-17(14)13-5-8-16(21)9-6-13/h5-6,8-10,14-15,23H,4,7,11-12H2,1-3H3/t14-,15-,20-/m1/s1. The van der Waals surface area contributed by atoms with Crippen LogP contribution in [0.15, 0.2) is 30.3 Å². The van der Waals surface area contributed by atoms with Gasteiger partial charge in [0.2, 0.25) is 0 Å². The topological polar surface area (TPSA) is 46.5 Å². The summed E-state index contributed by atoms with van der Waals surface area (Å²) in [6.45, 7) is 5.48. The predicted molar refractivity (Wildman–Crippen MR) is 90.6 cm³/mol. The van der Waals surface area contributed by atoms with Crippen molar-refractivity contribution in [2.75, 3.05) is 0 Å². The summed E-state index contributed by atoms with van der Waals surface area (Å²) in [6.07, 6.45) is 4.52. The summed E-state index contributed by atoms with van der Waals surface area (Å²) in [6, 6.07) is 6.50. The molecular weight excluding hydrogens is 307 g/mol. The zero-order valence-electron chi connectivity index (χ0n) is 14.5. The van der Waals surface area contributed by atoms with Gasteiger partial charge in [-0.3, -0.25) is 4.79 Å². The number of benzene rings is 1. The molecule has 1 N–H and O–H groups in total. The maximum absolute atomic E-state index is 13.1. The van der Waals surface area contributed by atoms with E-state index in [1.807, 2.05) is 20.8 Å². The first-order chi connectivity index (χ1) is 11.2. The fraction of sp³-hybridized carbons (Fsp3) is 0.550. The van der Waals surface area contributed by atoms with Crippen molar-refractivity contribution in [3.8, 4) is 0 Å². The first-order valence-electron chi connectivity index (χ1n) is 8.58. The van der Waals surface area contributed by atoms with E-state index in [1.165, 1.54) is 17.7 Å². The lowest BCUT2D eigenvalue weighted by atomic mass is 9.61. The summed E-state index contributed by atoms with van der Waals surface area (Å²) < 4.78 is 18.5. The lowest BCUT2D eigenvalue weighted by molar-refractivity contribution is -0.164. The molecule has 1 aromatic rings. The minimum Gasteiger partial charge on any atom is -0.460 e. The van der Waals surface area contributed by atoms with Crippen molar-refractivity contribution in [2.45, 2.75) is 57.7 Å². The molecule has 3 atom stereocenters. The van der Waals surface area contributed by atoms with Gasteiger partial charge in [-0.15, -0.1) is 0 Å². The number of ether oxygens (including phenoxy) is 1. The summed E-state index contributed by atoms with van der Waals surface area (Å²) in [5.41, 5.74) is 0.593. The van der Waals surface area contributed by atoms with Crippen molar-refractivity contribution >= 4 is 11.5 Å². The summed E-state index contributed by atoms with van der Waals surface area (Å²) in [4.78, 5) is 12.2. The van der Waals surface area contributed by atoms with Crippen molar-refractivity contribution in [1.82, 2.24) is 0 Å². The quantitative estimate of drug-likeness (QED) is 0.848. The molecule has 3 aliphatic rings. The highest BCUT2D eigenvalue weighted by Gasteiger charge is 2.48. The lowest BCUT2D eigenvalue weighted by Gasteiger charge is -2.47. The summed E-state index contributed by atoms with van der Waals surface area (Å²) in [7, 11) is 0. The second-order valence-electron chi connectivity index (χ2n) is 8.08. The van der Waals surface area contributed by atoms with Gasteiger partial charge in [0.1, 0.15) is 11.4 Å². The minimum atomic E-state index is -1.03. The van der Waals surface area contributed by atoms with Crippen molar-refractivity contribution in [3.63, 3.8) is 0 Å². The Morgan fingerprint density at radius 2 is 1.96 bits per heavy atom. The molecule has 0 unspecified atom stereocenters. The van der Waals surface area contributed by atoms with Crippen LogP contribution in [0, 0.1) is 17.7 Å². The number of hydrogen-bond acceptors (Lipinski definition) is 3. The first kappa shape index (κ1) is 17.2. The fourth-order valence-electron chi connectivity index (χ4n) is 3.99. The normalized spacial score (nSPS) is 29.3. The average molecular weight is 332 g/mol. The molecule has 0 aliphatic heterocycles. The lowest BCUT2D eigenvalue weighted by Crippen LogP contribution is -2.48. The first-order valence-corrected chi connectivity index (χ1v) is 8.58. The maximum atomic E-state index is 13.1. The number of rotatable bonds is 3. The zero-order valence-corrected chi connectivity index (χ0v) is 14.5. The molecule has 3 aliphatic carbocycles. The van der Waals surface area contributed by atoms with Crippen LogP contribution in [0.3, 0.4) is 0 Å². The molecule has 0 saturated heterocycles. The van der Waals surface area contributed by atoms with E-state index in [1.54, 1.807) is 12.1 Å². The molecule has 0 radical (unpaired) electrons. The number of carbonyl (C=O) groups excluding carboxylic acids is 1. The second kappa shape index (κ2) is 5.99. The van der Waals surface area contributed by atoms with Crippen LogP contribution in [-0.4, -0.2) is 22.3 Å². The number of fused-ring (bicyclic) bond motifs is 2. The van der Waals surface area contributed by atoms with Gasteiger partial charge in [0.25, 0.3) is 0 Å². The Labute approximate surface area is 142 Å². The Morgan fingerprint density at radius 1 is 1.29 bits per heavy atom. The molecule has 4 rings (SSSR count). The van der Waals surface area contributed by atoms with Gasteiger partial charge in [-0.1, -0.05) is 18.2 Å². The molecule has 0 heterocycles. The van der Waals surface area contributed by atoms with E-state index in [0.717, 1.165) is 18.4 Å². The van der Waals surface area contributed by atoms with E-state index in [-0.39, 0.29) is 30.0 Å². The Balaban J connectivity index is 1.78. The van der Waals surface area contributed by atoms with Crippen molar-refractivity contribution in [1.29, 1.82) is 0 Å². The number of halogens is 1. The number of allylic oxidation sites excluding steroid dienone is 1. The highest BCUT2D eigenvalue weighted by atomic mass is 19.1. The number of esters is 1. The molecule has 3 nitrogen and oxygen atoms in total. The van der Waals surface area contributed by atoms with Crippen LogP contribution in [0.2, 0.25) is 0 Å². The highest BCUT2D eigenvalue weighted by molar-refractivity contribution is 5.74. The maximum Gasteiger partial charge on any atom is 0.309 e. The van der Waals surface area contributed by atoms with Crippen LogP contribution in [-0.2, 0) is 9.53 Å². The summed E-state index contributed by atoms with van der Waals surface area (Å²) in [5.74, 6) is -0.459. The zero-order chi connectivity index (χ0) is 17.5. The molecule has 0 spiro atoms. The van der Waals surface area contributed by atoms with Crippen molar-refractivity contribution in [2.24, 2.45) is 11.8 Å². The highest BCUT2D eigenvalue weighted by Crippen LogP contribution is 2.51. The van der Waals surface area contributed by atoms with Crippen LogP contribution < -0.4 is 0 Å². The summed E-state index contributed by atoms with van der Waals surface area (Å²) in [5, 5.41) is 11.0. The Kier molecular flexibility index (Phi) is 4.28. The van der Waals surface area contributed by atoms with Gasteiger partial charge in [-0.25, -0.2) is 4.39 Å². The van der Waals surface area contributed by atoms with Crippen LogP contribution in [0.25, 0.3) is 5.57 Å². The monoisotopic (exact) mass is 332 g/mol. The number of carbonyl (C=O) groups is 1. The van der Waals surface area contributed by atoms with Crippen LogP contribution in [0.5, 0.6) is 0 Å². The summed E-state index contributed by atoms with van der Waals surface area (Å²) >= 11 is 0. The van der Waals surface area contributed by atoms with Gasteiger partial charge in [-0.05, 0) is 69.2 Å².